The third-order valence-corrected chi connectivity index (χ3v) is 6.05. The lowest BCUT2D eigenvalue weighted by Gasteiger charge is -2.28. The van der Waals surface area contributed by atoms with E-state index in [9.17, 15) is 19.2 Å². The van der Waals surface area contributed by atoms with Gasteiger partial charge in [0.15, 0.2) is 5.82 Å². The molecule has 1 aromatic heterocycles. The summed E-state index contributed by atoms with van der Waals surface area (Å²) in [5.41, 5.74) is 3.12. The lowest BCUT2D eigenvalue weighted by Crippen LogP contribution is -2.42. The normalized spacial score (nSPS) is 15.1. The van der Waals surface area contributed by atoms with Crippen molar-refractivity contribution in [2.24, 2.45) is 5.92 Å². The number of carbonyl (C=O) groups is 2. The minimum absolute atomic E-state index is 0.0590. The first-order chi connectivity index (χ1) is 17.1. The summed E-state index contributed by atoms with van der Waals surface area (Å²) in [5.74, 6) is -0.200. The second-order valence-corrected chi connectivity index (χ2v) is 8.42. The van der Waals surface area contributed by atoms with Crippen molar-refractivity contribution in [3.63, 3.8) is 0 Å². The lowest BCUT2D eigenvalue weighted by atomic mass is 9.98. The van der Waals surface area contributed by atoms with Crippen LogP contribution in [0.5, 0.6) is 0 Å². The Hall–Kier alpha value is -4.25. The van der Waals surface area contributed by atoms with Gasteiger partial charge >= 0.3 is 0 Å². The number of aromatic nitrogens is 1. The predicted octanol–water partition coefficient (Wildman–Crippen LogP) is 3.90. The number of hydrogen-bond acceptors (Lipinski definition) is 5. The van der Waals surface area contributed by atoms with Gasteiger partial charge in [0.25, 0.3) is 0 Å². The van der Waals surface area contributed by atoms with E-state index in [0.29, 0.717) is 60.7 Å². The molecule has 0 saturated carbocycles. The zero-order valence-corrected chi connectivity index (χ0v) is 19.2. The van der Waals surface area contributed by atoms with Crippen molar-refractivity contribution in [1.29, 1.82) is 5.26 Å². The van der Waals surface area contributed by atoms with Crippen LogP contribution in [-0.4, -0.2) is 36.9 Å². The molecule has 4 rings (SSSR count). The number of pyridine rings is 1. The first-order valence-corrected chi connectivity index (χ1v) is 11.6. The van der Waals surface area contributed by atoms with Crippen LogP contribution in [0, 0.1) is 23.1 Å². The van der Waals surface area contributed by atoms with E-state index in [1.807, 2.05) is 18.2 Å². The Morgan fingerprint density at radius 1 is 1.20 bits per heavy atom. The average molecular weight is 472 g/mol. The molecule has 1 unspecified atom stereocenters. The Morgan fingerprint density at radius 3 is 2.83 bits per heavy atom. The monoisotopic (exact) mass is 471 g/mol. The fraction of sp³-hybridized carbons (Fsp3) is 0.259. The summed E-state index contributed by atoms with van der Waals surface area (Å²) < 4.78 is 13.6. The predicted molar refractivity (Wildman–Crippen MR) is 132 cm³/mol. The highest BCUT2D eigenvalue weighted by Crippen LogP contribution is 2.30. The van der Waals surface area contributed by atoms with E-state index in [1.54, 1.807) is 30.3 Å². The number of nitriles is 1. The van der Waals surface area contributed by atoms with Gasteiger partial charge in [0.2, 0.25) is 12.3 Å². The molecule has 178 valence electrons. The molecule has 0 spiro atoms. The molecular formula is C27H26FN5O2. The van der Waals surface area contributed by atoms with Crippen LogP contribution in [0.4, 0.5) is 15.9 Å². The number of carbonyl (C=O) groups excluding carboxylic acids is 2. The number of piperidine rings is 1. The number of anilines is 2. The van der Waals surface area contributed by atoms with Gasteiger partial charge < -0.3 is 15.5 Å². The van der Waals surface area contributed by atoms with Crippen molar-refractivity contribution in [2.45, 2.75) is 19.3 Å². The van der Waals surface area contributed by atoms with Gasteiger partial charge in [-0.15, -0.1) is 0 Å². The number of rotatable bonds is 9. The Labute approximate surface area is 203 Å². The first-order valence-electron chi connectivity index (χ1n) is 11.6. The van der Waals surface area contributed by atoms with Crippen LogP contribution in [0.3, 0.4) is 0 Å². The van der Waals surface area contributed by atoms with Crippen molar-refractivity contribution in [3.05, 3.63) is 77.6 Å². The van der Waals surface area contributed by atoms with Gasteiger partial charge in [0.1, 0.15) is 5.82 Å². The van der Waals surface area contributed by atoms with E-state index in [2.05, 4.69) is 16.7 Å². The molecule has 1 aliphatic rings. The highest BCUT2D eigenvalue weighted by atomic mass is 19.1. The topological polar surface area (TPSA) is 98.1 Å². The van der Waals surface area contributed by atoms with Gasteiger partial charge in [-0.3, -0.25) is 9.59 Å². The number of nitrogens with zero attached hydrogens (tertiary/aromatic N) is 3. The molecule has 35 heavy (non-hydrogen) atoms. The fourth-order valence-corrected chi connectivity index (χ4v) is 4.23. The Balaban J connectivity index is 1.63. The van der Waals surface area contributed by atoms with Crippen LogP contribution in [0.2, 0.25) is 0 Å². The van der Waals surface area contributed by atoms with E-state index >= 15 is 0 Å². The van der Waals surface area contributed by atoms with Crippen LogP contribution < -0.4 is 15.5 Å². The Bertz CT molecular complexity index is 1260. The van der Waals surface area contributed by atoms with E-state index in [-0.39, 0.29) is 24.2 Å². The number of benzene rings is 2. The molecule has 2 N–H and O–H groups in total. The SMILES string of the molecule is N#Cc1ccccc1-c1ccc(N(C=O)CC2CCCNC2=O)c(NCCc2cccc(F)c2)n1. The molecule has 1 atom stereocenters. The maximum Gasteiger partial charge on any atom is 0.224 e. The summed E-state index contributed by atoms with van der Waals surface area (Å²) >= 11 is 0. The molecule has 1 aliphatic heterocycles. The van der Waals surface area contributed by atoms with Gasteiger partial charge in [0.05, 0.1) is 28.9 Å². The zero-order chi connectivity index (χ0) is 24.6. The minimum atomic E-state index is -0.298. The minimum Gasteiger partial charge on any atom is -0.368 e. The van der Waals surface area contributed by atoms with Crippen molar-refractivity contribution in [3.8, 4) is 17.3 Å². The molecule has 2 amide bonds. The zero-order valence-electron chi connectivity index (χ0n) is 19.2. The molecule has 0 radical (unpaired) electrons. The smallest absolute Gasteiger partial charge is 0.224 e. The van der Waals surface area contributed by atoms with Gasteiger partial charge in [-0.1, -0.05) is 30.3 Å². The van der Waals surface area contributed by atoms with Crippen LogP contribution in [-0.2, 0) is 16.0 Å². The van der Waals surface area contributed by atoms with Crippen LogP contribution >= 0.6 is 0 Å². The molecule has 0 aliphatic carbocycles. The fourth-order valence-electron chi connectivity index (χ4n) is 4.23. The largest absolute Gasteiger partial charge is 0.368 e. The lowest BCUT2D eigenvalue weighted by molar-refractivity contribution is -0.126. The summed E-state index contributed by atoms with van der Waals surface area (Å²) in [5, 5.41) is 15.6. The molecular weight excluding hydrogens is 445 g/mol. The van der Waals surface area contributed by atoms with Crippen molar-refractivity contribution >= 4 is 23.8 Å². The molecule has 2 heterocycles. The van der Waals surface area contributed by atoms with Crippen molar-refractivity contribution in [2.75, 3.05) is 29.9 Å². The third-order valence-electron chi connectivity index (χ3n) is 6.05. The van der Waals surface area contributed by atoms with Gasteiger partial charge in [0, 0.05) is 25.2 Å². The second-order valence-electron chi connectivity index (χ2n) is 8.42. The second kappa shape index (κ2) is 11.3. The Morgan fingerprint density at radius 2 is 2.06 bits per heavy atom. The molecule has 7 nitrogen and oxygen atoms in total. The molecule has 0 bridgehead atoms. The first kappa shape index (κ1) is 23.9. The van der Waals surface area contributed by atoms with E-state index in [1.165, 1.54) is 17.0 Å². The van der Waals surface area contributed by atoms with E-state index in [0.717, 1.165) is 12.0 Å². The maximum absolute atomic E-state index is 13.6. The Kier molecular flexibility index (Phi) is 7.68. The number of hydrogen-bond donors (Lipinski definition) is 2. The van der Waals surface area contributed by atoms with Crippen molar-refractivity contribution in [1.82, 2.24) is 10.3 Å². The van der Waals surface area contributed by atoms with Crippen LogP contribution in [0.25, 0.3) is 11.3 Å². The number of halogens is 1. The molecule has 1 saturated heterocycles. The molecule has 1 fully saturated rings. The average Bonchev–Trinajstić information content (AvgIpc) is 2.88. The summed E-state index contributed by atoms with van der Waals surface area (Å²) in [7, 11) is 0. The molecule has 3 aromatic rings. The van der Waals surface area contributed by atoms with E-state index < -0.39 is 0 Å². The van der Waals surface area contributed by atoms with Crippen molar-refractivity contribution < 1.29 is 14.0 Å². The number of amides is 2. The molecule has 8 heteroatoms. The highest BCUT2D eigenvalue weighted by molar-refractivity contribution is 5.86. The van der Waals surface area contributed by atoms with E-state index in [4.69, 9.17) is 4.98 Å². The van der Waals surface area contributed by atoms with Gasteiger partial charge in [-0.25, -0.2) is 9.37 Å². The van der Waals surface area contributed by atoms with Gasteiger partial charge in [-0.2, -0.15) is 5.26 Å². The van der Waals surface area contributed by atoms with Crippen LogP contribution in [0.15, 0.2) is 60.7 Å². The quantitative estimate of drug-likeness (QED) is 0.461. The summed E-state index contributed by atoms with van der Waals surface area (Å²) in [6, 6.07) is 19.3. The summed E-state index contributed by atoms with van der Waals surface area (Å²) in [4.78, 5) is 30.6. The molecule has 2 aromatic carbocycles. The third kappa shape index (κ3) is 5.82. The van der Waals surface area contributed by atoms with Crippen LogP contribution in [0.1, 0.15) is 24.0 Å². The summed E-state index contributed by atoms with van der Waals surface area (Å²) in [6.07, 6.45) is 2.83. The van der Waals surface area contributed by atoms with Gasteiger partial charge in [-0.05, 0) is 55.2 Å². The maximum atomic E-state index is 13.6. The highest BCUT2D eigenvalue weighted by Gasteiger charge is 2.26. The number of nitrogens with one attached hydrogen (secondary N) is 2. The summed E-state index contributed by atoms with van der Waals surface area (Å²) in [6.45, 7) is 1.34. The standard InChI is InChI=1S/C27H26FN5O2/c28-22-8-3-5-19(15-22)12-14-30-26-25(33(18-34)17-21-7-4-13-31-27(21)35)11-10-24(32-26)23-9-2-1-6-20(23)16-29/h1-3,5-6,8-11,15,18,21H,4,7,12-14,17H2,(H,30,32)(H,31,35).